The first kappa shape index (κ1) is 21.3. The molecule has 0 bridgehead atoms. The molecule has 0 heterocycles. The average molecular weight is 484 g/mol. The molecular formula is C22H30BrNO4S. The molecule has 3 aliphatic carbocycles. The van der Waals surface area contributed by atoms with Gasteiger partial charge in [0.1, 0.15) is 11.5 Å². The number of Topliss-reactive ketones (excluding diaryl/α,β-unsaturated/α-hetero) is 1. The highest BCUT2D eigenvalue weighted by Gasteiger charge is 2.57. The maximum absolute atomic E-state index is 13.3. The highest BCUT2D eigenvalue weighted by atomic mass is 79.9. The number of halogens is 1. The van der Waals surface area contributed by atoms with E-state index in [0.717, 1.165) is 62.3 Å². The SMILES string of the molecule is C[C@]12CC[C@@H]3c4ccc(OS(N)(=O)=O)cc4CC[C@H]3[C@@H]1C[C@@H](CCCCBr)C2=O. The van der Waals surface area contributed by atoms with E-state index in [-0.39, 0.29) is 17.1 Å². The number of carbonyl (C=O) groups is 1. The second kappa shape index (κ2) is 7.97. The Hall–Kier alpha value is -0.920. The number of rotatable bonds is 6. The van der Waals surface area contributed by atoms with E-state index in [1.807, 2.05) is 12.1 Å². The number of fused-ring (bicyclic) bond motifs is 5. The highest BCUT2D eigenvalue weighted by molar-refractivity contribution is 9.09. The molecule has 7 heteroatoms. The molecule has 3 aliphatic rings. The van der Waals surface area contributed by atoms with Crippen LogP contribution in [0, 0.1) is 23.2 Å². The van der Waals surface area contributed by atoms with Crippen molar-refractivity contribution in [2.45, 2.75) is 64.2 Å². The standard InChI is InChI=1S/C22H30BrNO4S/c1-22-10-9-18-17-8-6-16(28-29(24,26)27)12-14(17)5-7-19(18)20(22)13-15(21(22)25)4-2-3-11-23/h6,8,12,15,18-20H,2-5,7,9-11,13H2,1H3,(H2,24,26,27)/t15-,18-,19-,20+,22+/m1/s1. The molecule has 2 fully saturated rings. The number of nitrogens with two attached hydrogens (primary N) is 1. The van der Waals surface area contributed by atoms with Gasteiger partial charge in [0.2, 0.25) is 0 Å². The van der Waals surface area contributed by atoms with E-state index in [4.69, 9.17) is 9.32 Å². The maximum atomic E-state index is 13.3. The van der Waals surface area contributed by atoms with E-state index in [1.165, 1.54) is 5.56 Å². The lowest BCUT2D eigenvalue weighted by Crippen LogP contribution is -2.42. The third-order valence-corrected chi connectivity index (χ3v) is 8.69. The van der Waals surface area contributed by atoms with Gasteiger partial charge in [-0.15, -0.1) is 0 Å². The molecule has 1 aromatic rings. The van der Waals surface area contributed by atoms with E-state index < -0.39 is 10.3 Å². The lowest BCUT2D eigenvalue weighted by molar-refractivity contribution is -0.132. The Bertz CT molecular complexity index is 902. The summed E-state index contributed by atoms with van der Waals surface area (Å²) < 4.78 is 27.3. The van der Waals surface area contributed by atoms with Crippen LogP contribution in [0.2, 0.25) is 0 Å². The van der Waals surface area contributed by atoms with Gasteiger partial charge in [-0.05, 0) is 86.0 Å². The van der Waals surface area contributed by atoms with Gasteiger partial charge < -0.3 is 4.18 Å². The first-order chi connectivity index (χ1) is 13.7. The van der Waals surface area contributed by atoms with Gasteiger partial charge in [-0.2, -0.15) is 13.6 Å². The summed E-state index contributed by atoms with van der Waals surface area (Å²) in [5.41, 5.74) is 2.31. The van der Waals surface area contributed by atoms with Gasteiger partial charge in [0.15, 0.2) is 0 Å². The van der Waals surface area contributed by atoms with Crippen LogP contribution in [0.1, 0.15) is 68.9 Å². The Morgan fingerprint density at radius 3 is 2.79 bits per heavy atom. The third-order valence-electron chi connectivity index (χ3n) is 7.71. The molecule has 160 valence electrons. The van der Waals surface area contributed by atoms with Crippen molar-refractivity contribution in [3.05, 3.63) is 29.3 Å². The van der Waals surface area contributed by atoms with E-state index in [2.05, 4.69) is 22.9 Å². The normalized spacial score (nSPS) is 33.7. The zero-order valence-corrected chi connectivity index (χ0v) is 19.3. The summed E-state index contributed by atoms with van der Waals surface area (Å²) in [6.45, 7) is 2.22. The molecule has 1 aromatic carbocycles. The molecule has 2 N–H and O–H groups in total. The average Bonchev–Trinajstić information content (AvgIpc) is 2.91. The summed E-state index contributed by atoms with van der Waals surface area (Å²) in [4.78, 5) is 13.3. The minimum Gasteiger partial charge on any atom is -0.371 e. The van der Waals surface area contributed by atoms with Crippen molar-refractivity contribution in [2.75, 3.05) is 5.33 Å². The molecule has 0 aliphatic heterocycles. The number of unbranched alkanes of at least 4 members (excludes halogenated alkanes) is 1. The number of benzene rings is 1. The smallest absolute Gasteiger partial charge is 0.371 e. The Morgan fingerprint density at radius 1 is 1.28 bits per heavy atom. The van der Waals surface area contributed by atoms with Crippen LogP contribution in [0.4, 0.5) is 0 Å². The van der Waals surface area contributed by atoms with Gasteiger partial charge in [0.25, 0.3) is 0 Å². The molecule has 5 nitrogen and oxygen atoms in total. The van der Waals surface area contributed by atoms with Crippen LogP contribution in [-0.4, -0.2) is 19.5 Å². The van der Waals surface area contributed by atoms with Gasteiger partial charge in [0, 0.05) is 16.7 Å². The van der Waals surface area contributed by atoms with E-state index in [1.54, 1.807) is 6.07 Å². The van der Waals surface area contributed by atoms with Crippen LogP contribution in [0.5, 0.6) is 5.75 Å². The molecule has 0 unspecified atom stereocenters. The largest absolute Gasteiger partial charge is 0.380 e. The molecule has 0 radical (unpaired) electrons. The summed E-state index contributed by atoms with van der Waals surface area (Å²) in [5, 5.41) is 6.01. The number of ketones is 1. The first-order valence-corrected chi connectivity index (χ1v) is 13.3. The fourth-order valence-corrected chi connectivity index (χ4v) is 7.19. The van der Waals surface area contributed by atoms with Crippen molar-refractivity contribution in [2.24, 2.45) is 28.3 Å². The van der Waals surface area contributed by atoms with Crippen LogP contribution in [-0.2, 0) is 21.5 Å². The lowest BCUT2D eigenvalue weighted by Gasteiger charge is -2.48. The van der Waals surface area contributed by atoms with Gasteiger partial charge in [-0.3, -0.25) is 4.79 Å². The zero-order valence-electron chi connectivity index (χ0n) is 16.9. The molecule has 0 saturated heterocycles. The molecule has 4 rings (SSSR count). The molecule has 29 heavy (non-hydrogen) atoms. The summed E-state index contributed by atoms with van der Waals surface area (Å²) in [6, 6.07) is 5.55. The minimum atomic E-state index is -4.01. The maximum Gasteiger partial charge on any atom is 0.380 e. The Kier molecular flexibility index (Phi) is 5.86. The Labute approximate surface area is 182 Å². The first-order valence-electron chi connectivity index (χ1n) is 10.7. The third kappa shape index (κ3) is 4.02. The second-order valence-corrected chi connectivity index (χ2v) is 11.2. The lowest BCUT2D eigenvalue weighted by atomic mass is 9.55. The van der Waals surface area contributed by atoms with Crippen LogP contribution < -0.4 is 9.32 Å². The van der Waals surface area contributed by atoms with Gasteiger partial charge >= 0.3 is 10.3 Å². The summed E-state index contributed by atoms with van der Waals surface area (Å²) in [6.07, 6.45) is 8.26. The van der Waals surface area contributed by atoms with Crippen molar-refractivity contribution in [1.29, 1.82) is 0 Å². The van der Waals surface area contributed by atoms with Gasteiger partial charge in [-0.1, -0.05) is 35.3 Å². The summed E-state index contributed by atoms with van der Waals surface area (Å²) >= 11 is 3.49. The molecule has 2 saturated carbocycles. The molecule has 0 aromatic heterocycles. The quantitative estimate of drug-likeness (QED) is 0.476. The highest BCUT2D eigenvalue weighted by Crippen LogP contribution is 2.61. The molecule has 0 spiro atoms. The number of hydrogen-bond acceptors (Lipinski definition) is 4. The van der Waals surface area contributed by atoms with Gasteiger partial charge in [-0.25, -0.2) is 0 Å². The van der Waals surface area contributed by atoms with Crippen molar-refractivity contribution in [1.82, 2.24) is 0 Å². The second-order valence-electron chi connectivity index (χ2n) is 9.29. The monoisotopic (exact) mass is 483 g/mol. The number of hydrogen-bond donors (Lipinski definition) is 1. The Balaban J connectivity index is 1.55. The summed E-state index contributed by atoms with van der Waals surface area (Å²) in [7, 11) is -4.01. The molecular weight excluding hydrogens is 454 g/mol. The van der Waals surface area contributed by atoms with Crippen LogP contribution in [0.15, 0.2) is 18.2 Å². The Morgan fingerprint density at radius 2 is 2.07 bits per heavy atom. The van der Waals surface area contributed by atoms with E-state index in [0.29, 0.717) is 23.5 Å². The van der Waals surface area contributed by atoms with Gasteiger partial charge in [0.05, 0.1) is 0 Å². The fourth-order valence-electron chi connectivity index (χ4n) is 6.42. The van der Waals surface area contributed by atoms with E-state index in [9.17, 15) is 13.2 Å². The molecule has 0 amide bonds. The van der Waals surface area contributed by atoms with Crippen LogP contribution in [0.25, 0.3) is 0 Å². The van der Waals surface area contributed by atoms with Crippen LogP contribution >= 0.6 is 15.9 Å². The predicted molar refractivity (Wildman–Crippen MR) is 116 cm³/mol. The number of alkyl halides is 1. The van der Waals surface area contributed by atoms with Crippen LogP contribution in [0.3, 0.4) is 0 Å². The van der Waals surface area contributed by atoms with Crippen molar-refractivity contribution in [3.63, 3.8) is 0 Å². The van der Waals surface area contributed by atoms with Crippen molar-refractivity contribution in [3.8, 4) is 5.75 Å². The fraction of sp³-hybridized carbons (Fsp3) is 0.682. The minimum absolute atomic E-state index is 0.158. The van der Waals surface area contributed by atoms with Crippen molar-refractivity contribution >= 4 is 32.0 Å². The zero-order chi connectivity index (χ0) is 20.8. The number of carbonyl (C=O) groups excluding carboxylic acids is 1. The number of aryl methyl sites for hydroxylation is 1. The van der Waals surface area contributed by atoms with Crippen molar-refractivity contribution < 1.29 is 17.4 Å². The van der Waals surface area contributed by atoms with E-state index >= 15 is 0 Å². The predicted octanol–water partition coefficient (Wildman–Crippen LogP) is 4.49. The summed E-state index contributed by atoms with van der Waals surface area (Å²) in [5.74, 6) is 2.49. The molecule has 5 atom stereocenters. The topological polar surface area (TPSA) is 86.5 Å².